The maximum atomic E-state index is 14.1. The number of benzene rings is 2. The first-order valence-corrected chi connectivity index (χ1v) is 8.27. The van der Waals surface area contributed by atoms with Gasteiger partial charge in [-0.2, -0.15) is 0 Å². The van der Waals surface area contributed by atoms with E-state index in [9.17, 15) is 18.4 Å². The topological polar surface area (TPSA) is 49.4 Å². The predicted molar refractivity (Wildman–Crippen MR) is 89.8 cm³/mol. The number of anilines is 2. The van der Waals surface area contributed by atoms with Crippen LogP contribution in [0.3, 0.4) is 0 Å². The van der Waals surface area contributed by atoms with Gasteiger partial charge in [0.15, 0.2) is 0 Å². The Morgan fingerprint density at radius 1 is 1.25 bits per heavy atom. The van der Waals surface area contributed by atoms with Crippen molar-refractivity contribution in [2.45, 2.75) is 12.3 Å². The summed E-state index contributed by atoms with van der Waals surface area (Å²) in [6.45, 7) is 1.40. The zero-order valence-electron chi connectivity index (χ0n) is 12.8. The first-order valence-electron chi connectivity index (χ1n) is 7.22. The lowest BCUT2D eigenvalue weighted by molar-refractivity contribution is -0.116. The summed E-state index contributed by atoms with van der Waals surface area (Å²) in [7, 11) is 0. The molecule has 2 aromatic carbocycles. The van der Waals surface area contributed by atoms with E-state index < -0.39 is 17.0 Å². The summed E-state index contributed by atoms with van der Waals surface area (Å²) in [4.78, 5) is 24.8. The van der Waals surface area contributed by atoms with Gasteiger partial charge in [-0.05, 0) is 29.8 Å². The molecule has 0 aliphatic carbocycles. The molecule has 2 amide bonds. The SMILES string of the molecule is CC(=O)Nc1cccc(C2SCC(=O)N2c2ccc(F)cc2F)c1. The van der Waals surface area contributed by atoms with Gasteiger partial charge >= 0.3 is 0 Å². The molecule has 1 fully saturated rings. The van der Waals surface area contributed by atoms with Crippen LogP contribution >= 0.6 is 11.8 Å². The Kier molecular flexibility index (Phi) is 4.53. The predicted octanol–water partition coefficient (Wildman–Crippen LogP) is 3.70. The van der Waals surface area contributed by atoms with Crippen molar-refractivity contribution in [3.63, 3.8) is 0 Å². The molecule has 1 atom stereocenters. The van der Waals surface area contributed by atoms with Gasteiger partial charge in [0.2, 0.25) is 11.8 Å². The molecule has 0 radical (unpaired) electrons. The average molecular weight is 348 g/mol. The molecule has 4 nitrogen and oxygen atoms in total. The van der Waals surface area contributed by atoms with Crippen molar-refractivity contribution >= 4 is 35.0 Å². The van der Waals surface area contributed by atoms with Gasteiger partial charge < -0.3 is 5.32 Å². The maximum Gasteiger partial charge on any atom is 0.238 e. The highest BCUT2D eigenvalue weighted by Gasteiger charge is 2.35. The lowest BCUT2D eigenvalue weighted by Gasteiger charge is -2.25. The van der Waals surface area contributed by atoms with Crippen LogP contribution in [0.15, 0.2) is 42.5 Å². The van der Waals surface area contributed by atoms with E-state index in [0.29, 0.717) is 5.69 Å². The fourth-order valence-corrected chi connectivity index (χ4v) is 3.74. The van der Waals surface area contributed by atoms with Crippen molar-refractivity contribution in [3.8, 4) is 0 Å². The minimum atomic E-state index is -0.783. The Morgan fingerprint density at radius 3 is 2.75 bits per heavy atom. The quantitative estimate of drug-likeness (QED) is 0.920. The van der Waals surface area contributed by atoms with Crippen LogP contribution in [0, 0.1) is 11.6 Å². The molecular formula is C17H14F2N2O2S. The highest BCUT2D eigenvalue weighted by molar-refractivity contribution is 8.00. The summed E-state index contributed by atoms with van der Waals surface area (Å²) >= 11 is 1.35. The van der Waals surface area contributed by atoms with E-state index in [1.807, 2.05) is 0 Å². The first kappa shape index (κ1) is 16.4. The average Bonchev–Trinajstić information content (AvgIpc) is 2.89. The number of thioether (sulfide) groups is 1. The van der Waals surface area contributed by atoms with Crippen LogP contribution in [0.25, 0.3) is 0 Å². The lowest BCUT2D eigenvalue weighted by atomic mass is 10.1. The minimum Gasteiger partial charge on any atom is -0.326 e. The van der Waals surface area contributed by atoms with E-state index in [1.165, 1.54) is 29.7 Å². The van der Waals surface area contributed by atoms with E-state index in [-0.39, 0.29) is 23.3 Å². The fraction of sp³-hybridized carbons (Fsp3) is 0.176. The Morgan fingerprint density at radius 2 is 2.04 bits per heavy atom. The van der Waals surface area contributed by atoms with Crippen LogP contribution in [0.1, 0.15) is 17.9 Å². The van der Waals surface area contributed by atoms with E-state index >= 15 is 0 Å². The van der Waals surface area contributed by atoms with Crippen molar-refractivity contribution in [3.05, 3.63) is 59.7 Å². The lowest BCUT2D eigenvalue weighted by Crippen LogP contribution is -2.28. The fourth-order valence-electron chi connectivity index (χ4n) is 2.58. The highest BCUT2D eigenvalue weighted by atomic mass is 32.2. The van der Waals surface area contributed by atoms with Crippen LogP contribution < -0.4 is 10.2 Å². The van der Waals surface area contributed by atoms with Crippen molar-refractivity contribution in [2.75, 3.05) is 16.0 Å². The molecular weight excluding hydrogens is 334 g/mol. The largest absolute Gasteiger partial charge is 0.326 e. The van der Waals surface area contributed by atoms with E-state index in [2.05, 4.69) is 5.32 Å². The molecule has 0 spiro atoms. The third-order valence-electron chi connectivity index (χ3n) is 3.53. The molecule has 0 saturated carbocycles. The smallest absolute Gasteiger partial charge is 0.238 e. The standard InChI is InChI=1S/C17H14F2N2O2S/c1-10(22)20-13-4-2-3-11(7-13)17-21(16(23)9-24-17)15-6-5-12(18)8-14(15)19/h2-8,17H,9H2,1H3,(H,20,22). The molecule has 3 rings (SSSR count). The number of nitrogens with one attached hydrogen (secondary N) is 1. The Bertz CT molecular complexity index is 813. The third-order valence-corrected chi connectivity index (χ3v) is 4.74. The van der Waals surface area contributed by atoms with Gasteiger partial charge in [0.05, 0.1) is 11.4 Å². The Labute approximate surface area is 141 Å². The van der Waals surface area contributed by atoms with Crippen LogP contribution in [-0.4, -0.2) is 17.6 Å². The van der Waals surface area contributed by atoms with Crippen LogP contribution in [-0.2, 0) is 9.59 Å². The molecule has 1 saturated heterocycles. The molecule has 1 aliphatic heterocycles. The van der Waals surface area contributed by atoms with E-state index in [0.717, 1.165) is 17.7 Å². The molecule has 1 heterocycles. The Balaban J connectivity index is 1.97. The molecule has 1 unspecified atom stereocenters. The molecule has 2 aromatic rings. The van der Waals surface area contributed by atoms with Gasteiger partial charge in [0.1, 0.15) is 17.0 Å². The molecule has 0 aromatic heterocycles. The van der Waals surface area contributed by atoms with Crippen LogP contribution in [0.5, 0.6) is 0 Å². The highest BCUT2D eigenvalue weighted by Crippen LogP contribution is 2.43. The number of halogens is 2. The van der Waals surface area contributed by atoms with Gasteiger partial charge in [-0.15, -0.1) is 11.8 Å². The molecule has 24 heavy (non-hydrogen) atoms. The molecule has 1 aliphatic rings. The number of carbonyl (C=O) groups is 2. The summed E-state index contributed by atoms with van der Waals surface area (Å²) in [5.74, 6) is -1.73. The summed E-state index contributed by atoms with van der Waals surface area (Å²) in [6.07, 6.45) is 0. The number of hydrogen-bond acceptors (Lipinski definition) is 3. The van der Waals surface area contributed by atoms with Gasteiger partial charge in [-0.25, -0.2) is 8.78 Å². The summed E-state index contributed by atoms with van der Waals surface area (Å²) in [6, 6.07) is 10.2. The second kappa shape index (κ2) is 6.60. The van der Waals surface area contributed by atoms with Crippen LogP contribution in [0.4, 0.5) is 20.2 Å². The third kappa shape index (κ3) is 3.26. The number of hydrogen-bond donors (Lipinski definition) is 1. The zero-order chi connectivity index (χ0) is 17.3. The molecule has 0 bridgehead atoms. The minimum absolute atomic E-state index is 0.0429. The first-order chi connectivity index (χ1) is 11.5. The second-order valence-electron chi connectivity index (χ2n) is 5.33. The normalized spacial score (nSPS) is 17.2. The van der Waals surface area contributed by atoms with Crippen molar-refractivity contribution in [1.29, 1.82) is 0 Å². The molecule has 7 heteroatoms. The molecule has 1 N–H and O–H groups in total. The number of rotatable bonds is 3. The molecule has 124 valence electrons. The summed E-state index contributed by atoms with van der Waals surface area (Å²) in [5.41, 5.74) is 1.39. The van der Waals surface area contributed by atoms with Crippen LogP contribution in [0.2, 0.25) is 0 Å². The summed E-state index contributed by atoms with van der Waals surface area (Å²) < 4.78 is 27.3. The zero-order valence-corrected chi connectivity index (χ0v) is 13.6. The monoisotopic (exact) mass is 348 g/mol. The van der Waals surface area contributed by atoms with Gasteiger partial charge in [0.25, 0.3) is 0 Å². The Hall–Kier alpha value is -2.41. The van der Waals surface area contributed by atoms with Gasteiger partial charge in [0, 0.05) is 18.7 Å². The maximum absolute atomic E-state index is 14.1. The number of amides is 2. The second-order valence-corrected chi connectivity index (χ2v) is 6.40. The van der Waals surface area contributed by atoms with E-state index in [1.54, 1.807) is 24.3 Å². The number of nitrogens with zero attached hydrogens (tertiary/aromatic N) is 1. The van der Waals surface area contributed by atoms with E-state index in [4.69, 9.17) is 0 Å². The van der Waals surface area contributed by atoms with Gasteiger partial charge in [-0.3, -0.25) is 14.5 Å². The van der Waals surface area contributed by atoms with Crippen molar-refractivity contribution in [2.24, 2.45) is 0 Å². The van der Waals surface area contributed by atoms with Crippen molar-refractivity contribution < 1.29 is 18.4 Å². The van der Waals surface area contributed by atoms with Crippen molar-refractivity contribution in [1.82, 2.24) is 0 Å². The number of carbonyl (C=O) groups excluding carboxylic acids is 2. The summed E-state index contributed by atoms with van der Waals surface area (Å²) in [5, 5.41) is 2.24. The van der Waals surface area contributed by atoms with Gasteiger partial charge in [-0.1, -0.05) is 12.1 Å².